The van der Waals surface area contributed by atoms with E-state index in [0.29, 0.717) is 36.0 Å². The SMILES string of the molecule is COc1cc(C=O)cc(OC)c1OCCOc1ccccc1. The minimum Gasteiger partial charge on any atom is -0.493 e. The van der Waals surface area contributed by atoms with E-state index in [2.05, 4.69) is 0 Å². The molecule has 0 radical (unpaired) electrons. The van der Waals surface area contributed by atoms with E-state index in [4.69, 9.17) is 18.9 Å². The van der Waals surface area contributed by atoms with E-state index in [-0.39, 0.29) is 0 Å². The summed E-state index contributed by atoms with van der Waals surface area (Å²) < 4.78 is 21.7. The van der Waals surface area contributed by atoms with E-state index in [1.54, 1.807) is 12.1 Å². The minimum absolute atomic E-state index is 0.321. The van der Waals surface area contributed by atoms with Gasteiger partial charge in [-0.05, 0) is 24.3 Å². The molecule has 0 N–H and O–H groups in total. The van der Waals surface area contributed by atoms with Crippen LogP contribution in [0.25, 0.3) is 0 Å². The molecular formula is C17H18O5. The third-order valence-corrected chi connectivity index (χ3v) is 2.96. The van der Waals surface area contributed by atoms with Gasteiger partial charge in [-0.15, -0.1) is 0 Å². The molecule has 0 aromatic heterocycles. The van der Waals surface area contributed by atoms with Crippen molar-refractivity contribution in [3.63, 3.8) is 0 Å². The Morgan fingerprint density at radius 2 is 1.50 bits per heavy atom. The second-order valence-electron chi connectivity index (χ2n) is 4.38. The molecule has 2 aromatic carbocycles. The molecule has 0 fully saturated rings. The van der Waals surface area contributed by atoms with E-state index < -0.39 is 0 Å². The van der Waals surface area contributed by atoms with E-state index in [9.17, 15) is 4.79 Å². The number of hydrogen-bond donors (Lipinski definition) is 0. The average molecular weight is 302 g/mol. The van der Waals surface area contributed by atoms with Gasteiger partial charge in [0.15, 0.2) is 11.5 Å². The summed E-state index contributed by atoms with van der Waals surface area (Å²) in [5, 5.41) is 0. The van der Waals surface area contributed by atoms with Crippen molar-refractivity contribution >= 4 is 6.29 Å². The van der Waals surface area contributed by atoms with Gasteiger partial charge in [-0.25, -0.2) is 0 Å². The van der Waals surface area contributed by atoms with Crippen molar-refractivity contribution < 1.29 is 23.7 Å². The molecule has 0 amide bonds. The fourth-order valence-corrected chi connectivity index (χ4v) is 1.93. The number of rotatable bonds is 8. The van der Waals surface area contributed by atoms with Crippen LogP contribution in [0.4, 0.5) is 0 Å². The van der Waals surface area contributed by atoms with Gasteiger partial charge in [-0.3, -0.25) is 4.79 Å². The Hall–Kier alpha value is -2.69. The van der Waals surface area contributed by atoms with Crippen LogP contribution in [0.1, 0.15) is 10.4 Å². The molecule has 0 bridgehead atoms. The first-order chi connectivity index (χ1) is 10.8. The van der Waals surface area contributed by atoms with Gasteiger partial charge in [0, 0.05) is 5.56 Å². The number of hydrogen-bond acceptors (Lipinski definition) is 5. The summed E-state index contributed by atoms with van der Waals surface area (Å²) in [6, 6.07) is 12.7. The van der Waals surface area contributed by atoms with E-state index in [1.807, 2.05) is 30.3 Å². The van der Waals surface area contributed by atoms with Crippen molar-refractivity contribution in [1.82, 2.24) is 0 Å². The molecule has 0 spiro atoms. The van der Waals surface area contributed by atoms with Crippen LogP contribution >= 0.6 is 0 Å². The minimum atomic E-state index is 0.321. The van der Waals surface area contributed by atoms with Gasteiger partial charge >= 0.3 is 0 Å². The maximum absolute atomic E-state index is 10.9. The lowest BCUT2D eigenvalue weighted by molar-refractivity contribution is 0.112. The van der Waals surface area contributed by atoms with Crippen LogP contribution in [0.2, 0.25) is 0 Å². The lowest BCUT2D eigenvalue weighted by atomic mass is 10.2. The highest BCUT2D eigenvalue weighted by molar-refractivity contribution is 5.78. The quantitative estimate of drug-likeness (QED) is 0.554. The highest BCUT2D eigenvalue weighted by Gasteiger charge is 2.14. The topological polar surface area (TPSA) is 54.0 Å². The lowest BCUT2D eigenvalue weighted by Crippen LogP contribution is -2.10. The molecule has 0 aliphatic carbocycles. The predicted molar refractivity (Wildman–Crippen MR) is 82.4 cm³/mol. The number of benzene rings is 2. The maximum atomic E-state index is 10.9. The average Bonchev–Trinajstić information content (AvgIpc) is 2.59. The Morgan fingerprint density at radius 3 is 2.05 bits per heavy atom. The molecule has 5 heteroatoms. The number of aldehydes is 1. The first-order valence-electron chi connectivity index (χ1n) is 6.80. The summed E-state index contributed by atoms with van der Waals surface area (Å²) >= 11 is 0. The largest absolute Gasteiger partial charge is 0.493 e. The van der Waals surface area contributed by atoms with Gasteiger partial charge in [0.2, 0.25) is 5.75 Å². The Bertz CT molecular complexity index is 585. The molecule has 0 aliphatic heterocycles. The third-order valence-electron chi connectivity index (χ3n) is 2.96. The summed E-state index contributed by atoms with van der Waals surface area (Å²) in [7, 11) is 3.02. The first-order valence-corrected chi connectivity index (χ1v) is 6.80. The zero-order valence-electron chi connectivity index (χ0n) is 12.6. The van der Waals surface area contributed by atoms with Gasteiger partial charge in [0.1, 0.15) is 25.2 Å². The number of methoxy groups -OCH3 is 2. The number of para-hydroxylation sites is 1. The van der Waals surface area contributed by atoms with Crippen LogP contribution in [0, 0.1) is 0 Å². The monoisotopic (exact) mass is 302 g/mol. The number of carbonyl (C=O) groups excluding carboxylic acids is 1. The Morgan fingerprint density at radius 1 is 0.909 bits per heavy atom. The Kier molecular flexibility index (Phi) is 5.65. The van der Waals surface area contributed by atoms with Crippen LogP contribution in [0.15, 0.2) is 42.5 Å². The van der Waals surface area contributed by atoms with Crippen LogP contribution in [-0.4, -0.2) is 33.7 Å². The molecule has 22 heavy (non-hydrogen) atoms. The summed E-state index contributed by atoms with van der Waals surface area (Å²) in [6.45, 7) is 0.702. The molecular weight excluding hydrogens is 284 g/mol. The lowest BCUT2D eigenvalue weighted by Gasteiger charge is -2.15. The van der Waals surface area contributed by atoms with Gasteiger partial charge in [-0.2, -0.15) is 0 Å². The Balaban J connectivity index is 2.01. The molecule has 2 rings (SSSR count). The van der Waals surface area contributed by atoms with E-state index >= 15 is 0 Å². The fraction of sp³-hybridized carbons (Fsp3) is 0.235. The molecule has 0 heterocycles. The van der Waals surface area contributed by atoms with Gasteiger partial charge < -0.3 is 18.9 Å². The molecule has 5 nitrogen and oxygen atoms in total. The maximum Gasteiger partial charge on any atom is 0.203 e. The zero-order chi connectivity index (χ0) is 15.8. The molecule has 0 aliphatic rings. The van der Waals surface area contributed by atoms with Crippen LogP contribution in [0.3, 0.4) is 0 Å². The van der Waals surface area contributed by atoms with Crippen molar-refractivity contribution in [2.75, 3.05) is 27.4 Å². The first kappa shape index (κ1) is 15.7. The zero-order valence-corrected chi connectivity index (χ0v) is 12.6. The van der Waals surface area contributed by atoms with Crippen LogP contribution < -0.4 is 18.9 Å². The molecule has 0 unspecified atom stereocenters. The predicted octanol–water partition coefficient (Wildman–Crippen LogP) is 2.97. The van der Waals surface area contributed by atoms with Crippen molar-refractivity contribution in [1.29, 1.82) is 0 Å². The second kappa shape index (κ2) is 7.93. The molecule has 116 valence electrons. The van der Waals surface area contributed by atoms with Gasteiger partial charge in [-0.1, -0.05) is 18.2 Å². The highest BCUT2D eigenvalue weighted by atomic mass is 16.6. The smallest absolute Gasteiger partial charge is 0.203 e. The van der Waals surface area contributed by atoms with E-state index in [0.717, 1.165) is 12.0 Å². The molecule has 0 atom stereocenters. The fourth-order valence-electron chi connectivity index (χ4n) is 1.93. The molecule has 0 saturated carbocycles. The van der Waals surface area contributed by atoms with Crippen molar-refractivity contribution in [3.8, 4) is 23.0 Å². The number of carbonyl (C=O) groups is 1. The normalized spacial score (nSPS) is 9.91. The van der Waals surface area contributed by atoms with Gasteiger partial charge in [0.05, 0.1) is 14.2 Å². The van der Waals surface area contributed by atoms with Crippen molar-refractivity contribution in [2.45, 2.75) is 0 Å². The highest BCUT2D eigenvalue weighted by Crippen LogP contribution is 2.38. The standard InChI is InChI=1S/C17H18O5/c1-19-15-10-13(12-18)11-16(20-2)17(15)22-9-8-21-14-6-4-3-5-7-14/h3-7,10-12H,8-9H2,1-2H3. The second-order valence-corrected chi connectivity index (χ2v) is 4.38. The van der Waals surface area contributed by atoms with Crippen molar-refractivity contribution in [3.05, 3.63) is 48.0 Å². The summed E-state index contributed by atoms with van der Waals surface area (Å²) in [6.07, 6.45) is 0.729. The number of ether oxygens (including phenoxy) is 4. The van der Waals surface area contributed by atoms with Gasteiger partial charge in [0.25, 0.3) is 0 Å². The summed E-state index contributed by atoms with van der Waals surface area (Å²) in [5.74, 6) is 2.12. The molecule has 0 saturated heterocycles. The summed E-state index contributed by atoms with van der Waals surface area (Å²) in [4.78, 5) is 10.9. The molecule has 2 aromatic rings. The van der Waals surface area contributed by atoms with E-state index in [1.165, 1.54) is 14.2 Å². The third kappa shape index (κ3) is 3.91. The Labute approximate surface area is 129 Å². The van der Waals surface area contributed by atoms with Crippen molar-refractivity contribution in [2.24, 2.45) is 0 Å². The van der Waals surface area contributed by atoms with Crippen LogP contribution in [-0.2, 0) is 0 Å². The van der Waals surface area contributed by atoms with Crippen LogP contribution in [0.5, 0.6) is 23.0 Å². The summed E-state index contributed by atoms with van der Waals surface area (Å²) in [5.41, 5.74) is 0.460.